The molecule has 3 N–H and O–H groups in total. The van der Waals surface area contributed by atoms with Gasteiger partial charge in [-0.2, -0.15) is 5.26 Å². The molecule has 0 atom stereocenters. The summed E-state index contributed by atoms with van der Waals surface area (Å²) in [4.78, 5) is 3.63. The van der Waals surface area contributed by atoms with Crippen LogP contribution in [-0.4, -0.2) is 13.4 Å². The van der Waals surface area contributed by atoms with Gasteiger partial charge in [0.25, 0.3) is 10.0 Å². The molecule has 1 aromatic heterocycles. The number of nitrogens with two attached hydrogens (primary N) is 1. The summed E-state index contributed by atoms with van der Waals surface area (Å²) in [6, 6.07) is 9.76. The zero-order chi connectivity index (χ0) is 15.5. The van der Waals surface area contributed by atoms with Crippen molar-refractivity contribution in [2.24, 2.45) is 0 Å². The Balaban J connectivity index is 2.24. The molecular weight excluding hydrogens is 312 g/mol. The van der Waals surface area contributed by atoms with Crippen molar-refractivity contribution in [3.05, 3.63) is 47.1 Å². The first-order valence-electron chi connectivity index (χ1n) is 5.82. The summed E-state index contributed by atoms with van der Waals surface area (Å²) in [5.74, 6) is 0.0662. The van der Waals surface area contributed by atoms with Crippen molar-refractivity contribution in [2.45, 2.75) is 11.3 Å². The molecule has 21 heavy (non-hydrogen) atoms. The molecule has 2 rings (SSSR count). The van der Waals surface area contributed by atoms with Gasteiger partial charge in [0.1, 0.15) is 10.7 Å². The quantitative estimate of drug-likeness (QED) is 0.896. The maximum atomic E-state index is 12.2. The van der Waals surface area contributed by atoms with Gasteiger partial charge >= 0.3 is 0 Å². The molecule has 108 valence electrons. The molecule has 0 fully saturated rings. The van der Waals surface area contributed by atoms with Crippen molar-refractivity contribution in [1.29, 1.82) is 5.26 Å². The Labute approximate surface area is 127 Å². The molecular formula is C13H11ClN4O2S. The van der Waals surface area contributed by atoms with Crippen molar-refractivity contribution >= 4 is 33.1 Å². The number of nitrogens with zero attached hydrogens (tertiary/aromatic N) is 2. The largest absolute Gasteiger partial charge is 0.382 e. The van der Waals surface area contributed by atoms with Gasteiger partial charge < -0.3 is 5.73 Å². The highest BCUT2D eigenvalue weighted by molar-refractivity contribution is 7.92. The molecule has 8 heteroatoms. The second kappa shape index (κ2) is 5.99. The number of pyridine rings is 1. The van der Waals surface area contributed by atoms with Crippen LogP contribution in [0.3, 0.4) is 0 Å². The highest BCUT2D eigenvalue weighted by Gasteiger charge is 2.16. The monoisotopic (exact) mass is 322 g/mol. The standard InChI is InChI=1S/C13H11ClN4O2S/c14-12-7-11(8-17-13(12)16)21(19,20)18-10-3-1-9(2-4-10)5-6-15/h1-4,7-8,18H,5H2,(H2,16,17). The molecule has 0 aliphatic carbocycles. The topological polar surface area (TPSA) is 109 Å². The van der Waals surface area contributed by atoms with Crippen LogP contribution in [0.5, 0.6) is 0 Å². The van der Waals surface area contributed by atoms with E-state index in [9.17, 15) is 8.42 Å². The molecule has 0 aliphatic rings. The zero-order valence-electron chi connectivity index (χ0n) is 10.7. The van der Waals surface area contributed by atoms with E-state index in [1.807, 2.05) is 6.07 Å². The third kappa shape index (κ3) is 3.62. The van der Waals surface area contributed by atoms with Gasteiger partial charge in [-0.1, -0.05) is 23.7 Å². The fourth-order valence-corrected chi connectivity index (χ4v) is 2.83. The number of hydrogen-bond donors (Lipinski definition) is 2. The number of nitriles is 1. The van der Waals surface area contributed by atoms with Gasteiger partial charge in [-0.05, 0) is 23.8 Å². The summed E-state index contributed by atoms with van der Waals surface area (Å²) in [7, 11) is -3.80. The van der Waals surface area contributed by atoms with Crippen molar-refractivity contribution in [3.63, 3.8) is 0 Å². The summed E-state index contributed by atoms with van der Waals surface area (Å²) in [5.41, 5.74) is 6.63. The molecule has 0 saturated carbocycles. The number of sulfonamides is 1. The second-order valence-corrected chi connectivity index (χ2v) is 6.26. The first-order valence-corrected chi connectivity index (χ1v) is 7.68. The van der Waals surface area contributed by atoms with Crippen LogP contribution in [0.25, 0.3) is 0 Å². The van der Waals surface area contributed by atoms with Crippen LogP contribution < -0.4 is 10.5 Å². The summed E-state index contributed by atoms with van der Waals surface area (Å²) in [6.45, 7) is 0. The van der Waals surface area contributed by atoms with Crippen LogP contribution in [-0.2, 0) is 16.4 Å². The Hall–Kier alpha value is -2.30. The molecule has 0 bridgehead atoms. The van der Waals surface area contributed by atoms with Crippen molar-refractivity contribution in [1.82, 2.24) is 4.98 Å². The average molecular weight is 323 g/mol. The van der Waals surface area contributed by atoms with E-state index in [0.29, 0.717) is 5.69 Å². The minimum absolute atomic E-state index is 0.0662. The second-order valence-electron chi connectivity index (χ2n) is 4.18. The van der Waals surface area contributed by atoms with Crippen molar-refractivity contribution in [3.8, 4) is 6.07 Å². The number of rotatable bonds is 4. The van der Waals surface area contributed by atoms with Gasteiger partial charge in [-0.3, -0.25) is 4.72 Å². The van der Waals surface area contributed by atoms with E-state index < -0.39 is 10.0 Å². The molecule has 6 nitrogen and oxygen atoms in total. The maximum Gasteiger partial charge on any atom is 0.263 e. The smallest absolute Gasteiger partial charge is 0.263 e. The van der Waals surface area contributed by atoms with Crippen LogP contribution in [0, 0.1) is 11.3 Å². The first-order chi connectivity index (χ1) is 9.92. The molecule has 0 radical (unpaired) electrons. The fraction of sp³-hybridized carbons (Fsp3) is 0.0769. The lowest BCUT2D eigenvalue weighted by molar-refractivity contribution is 0.601. The molecule has 0 unspecified atom stereocenters. The third-order valence-electron chi connectivity index (χ3n) is 2.64. The average Bonchev–Trinajstić information content (AvgIpc) is 2.44. The summed E-state index contributed by atoms with van der Waals surface area (Å²) < 4.78 is 26.7. The Morgan fingerprint density at radius 1 is 1.33 bits per heavy atom. The first kappa shape index (κ1) is 15.1. The van der Waals surface area contributed by atoms with Crippen LogP contribution in [0.15, 0.2) is 41.4 Å². The van der Waals surface area contributed by atoms with Crippen LogP contribution >= 0.6 is 11.6 Å². The Morgan fingerprint density at radius 2 is 2.00 bits per heavy atom. The third-order valence-corrected chi connectivity index (χ3v) is 4.30. The van der Waals surface area contributed by atoms with Crippen LogP contribution in [0.1, 0.15) is 5.56 Å². The number of benzene rings is 1. The molecule has 0 spiro atoms. The molecule has 0 amide bonds. The van der Waals surface area contributed by atoms with Gasteiger partial charge in [0.15, 0.2) is 0 Å². The van der Waals surface area contributed by atoms with E-state index in [1.165, 1.54) is 6.07 Å². The van der Waals surface area contributed by atoms with Crippen LogP contribution in [0.2, 0.25) is 5.02 Å². The fourth-order valence-electron chi connectivity index (χ4n) is 1.57. The summed E-state index contributed by atoms with van der Waals surface area (Å²) in [5, 5.41) is 8.65. The highest BCUT2D eigenvalue weighted by atomic mass is 35.5. The number of anilines is 2. The zero-order valence-corrected chi connectivity index (χ0v) is 12.3. The van der Waals surface area contributed by atoms with E-state index in [-0.39, 0.29) is 22.2 Å². The number of nitrogens with one attached hydrogen (secondary N) is 1. The lowest BCUT2D eigenvalue weighted by Gasteiger charge is -2.09. The van der Waals surface area contributed by atoms with Gasteiger partial charge in [0.2, 0.25) is 0 Å². The SMILES string of the molecule is N#CCc1ccc(NS(=O)(=O)c2cnc(N)c(Cl)c2)cc1. The summed E-state index contributed by atoms with van der Waals surface area (Å²) >= 11 is 5.77. The predicted molar refractivity (Wildman–Crippen MR) is 80.2 cm³/mol. The Bertz CT molecular complexity index is 798. The van der Waals surface area contributed by atoms with Gasteiger partial charge in [0.05, 0.1) is 17.5 Å². The predicted octanol–water partition coefficient (Wildman–Crippen LogP) is 2.18. The minimum Gasteiger partial charge on any atom is -0.382 e. The molecule has 1 aromatic carbocycles. The lowest BCUT2D eigenvalue weighted by atomic mass is 10.1. The van der Waals surface area contributed by atoms with Gasteiger partial charge in [-0.25, -0.2) is 13.4 Å². The van der Waals surface area contributed by atoms with E-state index in [0.717, 1.165) is 11.8 Å². The lowest BCUT2D eigenvalue weighted by Crippen LogP contribution is -2.13. The Kier molecular flexibility index (Phi) is 4.31. The highest BCUT2D eigenvalue weighted by Crippen LogP contribution is 2.22. The van der Waals surface area contributed by atoms with E-state index in [2.05, 4.69) is 9.71 Å². The molecule has 2 aromatic rings. The number of nitrogen functional groups attached to an aromatic ring is 1. The Morgan fingerprint density at radius 3 is 2.57 bits per heavy atom. The van der Waals surface area contributed by atoms with Crippen molar-refractivity contribution < 1.29 is 8.42 Å². The van der Waals surface area contributed by atoms with Crippen molar-refractivity contribution in [2.75, 3.05) is 10.5 Å². The number of halogens is 1. The minimum atomic E-state index is -3.80. The maximum absolute atomic E-state index is 12.2. The van der Waals surface area contributed by atoms with E-state index in [4.69, 9.17) is 22.6 Å². The van der Waals surface area contributed by atoms with Gasteiger partial charge in [-0.15, -0.1) is 0 Å². The van der Waals surface area contributed by atoms with E-state index in [1.54, 1.807) is 24.3 Å². The van der Waals surface area contributed by atoms with Crippen LogP contribution in [0.4, 0.5) is 11.5 Å². The normalized spacial score (nSPS) is 10.9. The van der Waals surface area contributed by atoms with E-state index >= 15 is 0 Å². The summed E-state index contributed by atoms with van der Waals surface area (Å²) in [6.07, 6.45) is 1.40. The number of aromatic nitrogens is 1. The number of hydrogen-bond acceptors (Lipinski definition) is 5. The molecule has 0 saturated heterocycles. The molecule has 1 heterocycles. The van der Waals surface area contributed by atoms with Gasteiger partial charge in [0, 0.05) is 11.9 Å². The molecule has 0 aliphatic heterocycles.